The number of nitrogens with one attached hydrogen (secondary N) is 1. The number of piperazine rings is 1. The standard InChI is InChI=1S/C22H21N5O2/c28-20(14-17-15-23-19-9-5-4-8-18(17)19)26-10-12-27(13-11-26)22-25-24-21(29-22)16-6-2-1-3-7-16/h1-9,15,23H,10-14H2. The fourth-order valence-corrected chi connectivity index (χ4v) is 3.74. The van der Waals surface area contributed by atoms with E-state index in [-0.39, 0.29) is 5.91 Å². The normalized spacial score (nSPS) is 14.5. The zero-order chi connectivity index (χ0) is 19.6. The molecule has 0 aliphatic carbocycles. The molecule has 0 bridgehead atoms. The lowest BCUT2D eigenvalue weighted by Crippen LogP contribution is -2.49. The van der Waals surface area contributed by atoms with Gasteiger partial charge in [-0.1, -0.05) is 41.5 Å². The summed E-state index contributed by atoms with van der Waals surface area (Å²) in [6.45, 7) is 2.64. The first kappa shape index (κ1) is 17.5. The molecule has 1 amide bonds. The summed E-state index contributed by atoms with van der Waals surface area (Å²) in [5.74, 6) is 0.656. The van der Waals surface area contributed by atoms with Gasteiger partial charge in [0, 0.05) is 48.8 Å². The van der Waals surface area contributed by atoms with Gasteiger partial charge in [-0.2, -0.15) is 0 Å². The maximum atomic E-state index is 12.8. The van der Waals surface area contributed by atoms with Crippen molar-refractivity contribution >= 4 is 22.8 Å². The average Bonchev–Trinajstić information content (AvgIpc) is 3.43. The minimum absolute atomic E-state index is 0.143. The Bertz CT molecular complexity index is 1130. The molecule has 2 aromatic carbocycles. The van der Waals surface area contributed by atoms with Gasteiger partial charge in [0.05, 0.1) is 6.42 Å². The molecular formula is C22H21N5O2. The third-order valence-electron chi connectivity index (χ3n) is 5.35. The van der Waals surface area contributed by atoms with Crippen molar-refractivity contribution in [2.24, 2.45) is 0 Å². The minimum atomic E-state index is 0.143. The first-order chi connectivity index (χ1) is 14.3. The van der Waals surface area contributed by atoms with Crippen LogP contribution in [0.1, 0.15) is 5.56 Å². The number of H-pyrrole nitrogens is 1. The molecule has 4 aromatic rings. The number of hydrogen-bond acceptors (Lipinski definition) is 5. The Morgan fingerprint density at radius 2 is 1.72 bits per heavy atom. The van der Waals surface area contributed by atoms with Crippen molar-refractivity contribution in [3.05, 3.63) is 66.4 Å². The molecule has 29 heavy (non-hydrogen) atoms. The molecule has 1 aliphatic rings. The SMILES string of the molecule is O=C(Cc1c[nH]c2ccccc12)N1CCN(c2nnc(-c3ccccc3)o2)CC1. The average molecular weight is 387 g/mol. The fourth-order valence-electron chi connectivity index (χ4n) is 3.74. The second-order valence-corrected chi connectivity index (χ2v) is 7.16. The molecule has 1 fully saturated rings. The summed E-state index contributed by atoms with van der Waals surface area (Å²) in [5.41, 5.74) is 3.00. The molecule has 1 aliphatic heterocycles. The molecule has 7 nitrogen and oxygen atoms in total. The van der Waals surface area contributed by atoms with E-state index in [4.69, 9.17) is 4.42 Å². The van der Waals surface area contributed by atoms with E-state index in [2.05, 4.69) is 15.2 Å². The van der Waals surface area contributed by atoms with Crippen LogP contribution in [-0.4, -0.2) is 52.2 Å². The number of aromatic nitrogens is 3. The Labute approximate surface area is 168 Å². The number of carbonyl (C=O) groups excluding carboxylic acids is 1. The third-order valence-corrected chi connectivity index (χ3v) is 5.35. The van der Waals surface area contributed by atoms with Gasteiger partial charge < -0.3 is 19.2 Å². The van der Waals surface area contributed by atoms with Crippen LogP contribution in [0.3, 0.4) is 0 Å². The van der Waals surface area contributed by atoms with Crippen LogP contribution in [0.15, 0.2) is 65.2 Å². The van der Waals surface area contributed by atoms with Gasteiger partial charge in [0.2, 0.25) is 11.8 Å². The van der Waals surface area contributed by atoms with Crippen molar-refractivity contribution in [2.75, 3.05) is 31.1 Å². The Morgan fingerprint density at radius 1 is 0.966 bits per heavy atom. The highest BCUT2D eigenvalue weighted by atomic mass is 16.4. The van der Waals surface area contributed by atoms with Gasteiger partial charge in [0.1, 0.15) is 0 Å². The molecule has 3 heterocycles. The summed E-state index contributed by atoms with van der Waals surface area (Å²) in [6.07, 6.45) is 2.34. The van der Waals surface area contributed by atoms with Crippen LogP contribution in [0, 0.1) is 0 Å². The van der Waals surface area contributed by atoms with Gasteiger partial charge in [-0.15, -0.1) is 5.10 Å². The summed E-state index contributed by atoms with van der Waals surface area (Å²) in [6, 6.07) is 18.3. The van der Waals surface area contributed by atoms with Gasteiger partial charge in [-0.3, -0.25) is 4.79 Å². The molecule has 7 heteroatoms. The van der Waals surface area contributed by atoms with E-state index in [1.807, 2.05) is 70.6 Å². The lowest BCUT2D eigenvalue weighted by atomic mass is 10.1. The number of hydrogen-bond donors (Lipinski definition) is 1. The predicted octanol–water partition coefficient (Wildman–Crippen LogP) is 3.11. The predicted molar refractivity (Wildman–Crippen MR) is 111 cm³/mol. The van der Waals surface area contributed by atoms with Crippen molar-refractivity contribution in [2.45, 2.75) is 6.42 Å². The van der Waals surface area contributed by atoms with Crippen LogP contribution >= 0.6 is 0 Å². The van der Waals surface area contributed by atoms with E-state index in [1.165, 1.54) is 0 Å². The summed E-state index contributed by atoms with van der Waals surface area (Å²) in [5, 5.41) is 9.45. The van der Waals surface area contributed by atoms with Crippen molar-refractivity contribution in [3.8, 4) is 11.5 Å². The topological polar surface area (TPSA) is 78.3 Å². The molecule has 0 radical (unpaired) electrons. The van der Waals surface area contributed by atoms with Crippen molar-refractivity contribution in [1.29, 1.82) is 0 Å². The molecule has 1 N–H and O–H groups in total. The first-order valence-electron chi connectivity index (χ1n) is 9.74. The zero-order valence-corrected chi connectivity index (χ0v) is 15.9. The monoisotopic (exact) mass is 387 g/mol. The molecule has 2 aromatic heterocycles. The number of amides is 1. The summed E-state index contributed by atoms with van der Waals surface area (Å²) in [7, 11) is 0. The molecule has 1 saturated heterocycles. The smallest absolute Gasteiger partial charge is 0.318 e. The highest BCUT2D eigenvalue weighted by Crippen LogP contribution is 2.23. The van der Waals surface area contributed by atoms with E-state index in [9.17, 15) is 4.79 Å². The summed E-state index contributed by atoms with van der Waals surface area (Å²) in [4.78, 5) is 20.0. The minimum Gasteiger partial charge on any atom is -0.403 e. The van der Waals surface area contributed by atoms with Crippen molar-refractivity contribution in [1.82, 2.24) is 20.1 Å². The number of carbonyl (C=O) groups is 1. The number of fused-ring (bicyclic) bond motifs is 1. The van der Waals surface area contributed by atoms with Crippen LogP contribution in [0.2, 0.25) is 0 Å². The van der Waals surface area contributed by atoms with Crippen LogP contribution in [0.4, 0.5) is 6.01 Å². The third kappa shape index (κ3) is 3.47. The number of para-hydroxylation sites is 1. The molecule has 146 valence electrons. The summed E-state index contributed by atoms with van der Waals surface area (Å²) >= 11 is 0. The lowest BCUT2D eigenvalue weighted by molar-refractivity contribution is -0.130. The number of nitrogens with zero attached hydrogens (tertiary/aromatic N) is 4. The molecular weight excluding hydrogens is 366 g/mol. The Balaban J connectivity index is 1.21. The van der Waals surface area contributed by atoms with E-state index < -0.39 is 0 Å². The molecule has 0 unspecified atom stereocenters. The van der Waals surface area contributed by atoms with Crippen molar-refractivity contribution < 1.29 is 9.21 Å². The number of anilines is 1. The van der Waals surface area contributed by atoms with E-state index in [1.54, 1.807) is 0 Å². The Morgan fingerprint density at radius 3 is 2.55 bits per heavy atom. The number of rotatable bonds is 4. The molecule has 5 rings (SSSR count). The molecule has 0 saturated carbocycles. The molecule has 0 spiro atoms. The first-order valence-corrected chi connectivity index (χ1v) is 9.74. The largest absolute Gasteiger partial charge is 0.403 e. The number of aromatic amines is 1. The van der Waals surface area contributed by atoms with Gasteiger partial charge in [0.15, 0.2) is 0 Å². The summed E-state index contributed by atoms with van der Waals surface area (Å²) < 4.78 is 5.83. The van der Waals surface area contributed by atoms with Crippen LogP contribution < -0.4 is 4.90 Å². The van der Waals surface area contributed by atoms with Crippen LogP contribution in [0.25, 0.3) is 22.4 Å². The van der Waals surface area contributed by atoms with E-state index >= 15 is 0 Å². The van der Waals surface area contributed by atoms with Crippen LogP contribution in [-0.2, 0) is 11.2 Å². The fraction of sp³-hybridized carbons (Fsp3) is 0.227. The van der Waals surface area contributed by atoms with E-state index in [0.717, 1.165) is 22.0 Å². The highest BCUT2D eigenvalue weighted by Gasteiger charge is 2.25. The van der Waals surface area contributed by atoms with Gasteiger partial charge >= 0.3 is 6.01 Å². The Kier molecular flexibility index (Phi) is 4.48. The number of benzene rings is 2. The second kappa shape index (κ2) is 7.43. The van der Waals surface area contributed by atoms with Gasteiger partial charge in [0.25, 0.3) is 0 Å². The maximum absolute atomic E-state index is 12.8. The van der Waals surface area contributed by atoms with E-state index in [0.29, 0.717) is 44.5 Å². The van der Waals surface area contributed by atoms with Gasteiger partial charge in [-0.25, -0.2) is 0 Å². The van der Waals surface area contributed by atoms with Crippen molar-refractivity contribution in [3.63, 3.8) is 0 Å². The lowest BCUT2D eigenvalue weighted by Gasteiger charge is -2.33. The van der Waals surface area contributed by atoms with Crippen LogP contribution in [0.5, 0.6) is 0 Å². The highest BCUT2D eigenvalue weighted by molar-refractivity contribution is 5.89. The van der Waals surface area contributed by atoms with Gasteiger partial charge in [-0.05, 0) is 23.8 Å². The maximum Gasteiger partial charge on any atom is 0.318 e. The second-order valence-electron chi connectivity index (χ2n) is 7.16. The quantitative estimate of drug-likeness (QED) is 0.582. The zero-order valence-electron chi connectivity index (χ0n) is 15.9. The Hall–Kier alpha value is -3.61. The molecule has 0 atom stereocenters.